The highest BCUT2D eigenvalue weighted by molar-refractivity contribution is 4.84. The number of hydrogen-bond donors (Lipinski definition) is 3. The summed E-state index contributed by atoms with van der Waals surface area (Å²) in [4.78, 5) is 24.2. The first-order chi connectivity index (χ1) is 8.08. The van der Waals surface area contributed by atoms with Crippen molar-refractivity contribution >= 4 is 0 Å². The smallest absolute Gasteiger partial charge is 0.330 e. The fourth-order valence-corrected chi connectivity index (χ4v) is 1.45. The average Bonchev–Trinajstić information content (AvgIpc) is 2.30. The highest BCUT2D eigenvalue weighted by Gasteiger charge is 2.11. The first-order valence-corrected chi connectivity index (χ1v) is 5.31. The van der Waals surface area contributed by atoms with E-state index >= 15 is 0 Å². The van der Waals surface area contributed by atoms with Crippen molar-refractivity contribution in [3.05, 3.63) is 45.8 Å². The molecule has 0 aliphatic rings. The molecule has 1 aromatic heterocycles. The van der Waals surface area contributed by atoms with Crippen molar-refractivity contribution in [2.24, 2.45) is 5.92 Å². The molecule has 0 aliphatic heterocycles. The number of rotatable bonds is 6. The minimum Gasteiger partial charge on any atom is -0.396 e. The molecule has 3 N–H and O–H groups in total. The molecule has 0 bridgehead atoms. The highest BCUT2D eigenvalue weighted by Crippen LogP contribution is 2.13. The molecular formula is C11H16N2O4. The SMILES string of the molecule is C=C[C@@H](CO)CCC(O)n1ccc(=O)[nH]c1=O. The zero-order valence-corrected chi connectivity index (χ0v) is 9.37. The lowest BCUT2D eigenvalue weighted by molar-refractivity contribution is 0.0800. The van der Waals surface area contributed by atoms with Gasteiger partial charge in [-0.1, -0.05) is 6.08 Å². The second-order valence-electron chi connectivity index (χ2n) is 3.75. The van der Waals surface area contributed by atoms with Crippen molar-refractivity contribution < 1.29 is 10.2 Å². The number of nitrogens with one attached hydrogen (secondary N) is 1. The zero-order chi connectivity index (χ0) is 12.8. The molecule has 6 heteroatoms. The standard InChI is InChI=1S/C11H16N2O4/c1-2-8(7-14)3-4-10(16)13-6-5-9(15)12-11(13)17/h2,5-6,8,10,14,16H,1,3-4,7H2,(H,12,15,17)/t8-,10?/m1/s1. The van der Waals surface area contributed by atoms with Gasteiger partial charge in [0.1, 0.15) is 6.23 Å². The molecule has 1 rings (SSSR count). The van der Waals surface area contributed by atoms with Crippen LogP contribution in [0.5, 0.6) is 0 Å². The predicted molar refractivity (Wildman–Crippen MR) is 62.6 cm³/mol. The van der Waals surface area contributed by atoms with E-state index in [9.17, 15) is 14.7 Å². The normalized spacial score (nSPS) is 14.2. The Labute approximate surface area is 97.9 Å². The fraction of sp³-hybridized carbons (Fsp3) is 0.455. The summed E-state index contributed by atoms with van der Waals surface area (Å²) in [5.74, 6) is -0.108. The second-order valence-corrected chi connectivity index (χ2v) is 3.75. The first-order valence-electron chi connectivity index (χ1n) is 5.31. The number of nitrogens with zero attached hydrogens (tertiary/aromatic N) is 1. The van der Waals surface area contributed by atoms with Gasteiger partial charge < -0.3 is 10.2 Å². The van der Waals surface area contributed by atoms with Gasteiger partial charge in [-0.3, -0.25) is 14.3 Å². The first kappa shape index (κ1) is 13.4. The van der Waals surface area contributed by atoms with Gasteiger partial charge in [0.25, 0.3) is 5.56 Å². The van der Waals surface area contributed by atoms with Gasteiger partial charge in [-0.15, -0.1) is 6.58 Å². The molecule has 1 unspecified atom stereocenters. The number of hydrogen-bond acceptors (Lipinski definition) is 4. The summed E-state index contributed by atoms with van der Waals surface area (Å²) in [6.07, 6.45) is 2.62. The van der Waals surface area contributed by atoms with Crippen LogP contribution < -0.4 is 11.2 Å². The van der Waals surface area contributed by atoms with E-state index < -0.39 is 17.5 Å². The van der Waals surface area contributed by atoms with Crippen LogP contribution in [-0.4, -0.2) is 26.4 Å². The van der Waals surface area contributed by atoms with Crippen molar-refractivity contribution in [3.8, 4) is 0 Å². The maximum Gasteiger partial charge on any atom is 0.330 e. The van der Waals surface area contributed by atoms with E-state index in [1.165, 1.54) is 12.3 Å². The molecule has 0 aromatic carbocycles. The molecular weight excluding hydrogens is 224 g/mol. The molecule has 1 aromatic rings. The van der Waals surface area contributed by atoms with E-state index in [1.54, 1.807) is 6.08 Å². The van der Waals surface area contributed by atoms with E-state index in [4.69, 9.17) is 5.11 Å². The van der Waals surface area contributed by atoms with E-state index in [1.807, 2.05) is 0 Å². The molecule has 6 nitrogen and oxygen atoms in total. The summed E-state index contributed by atoms with van der Waals surface area (Å²) in [7, 11) is 0. The zero-order valence-electron chi connectivity index (χ0n) is 9.37. The van der Waals surface area contributed by atoms with Crippen LogP contribution in [0.2, 0.25) is 0 Å². The Morgan fingerprint density at radius 1 is 1.47 bits per heavy atom. The van der Waals surface area contributed by atoms with Crippen LogP contribution in [0.25, 0.3) is 0 Å². The summed E-state index contributed by atoms with van der Waals surface area (Å²) in [6.45, 7) is 3.51. The molecule has 1 heterocycles. The number of aliphatic hydroxyl groups excluding tert-OH is 2. The van der Waals surface area contributed by atoms with Crippen LogP contribution in [0, 0.1) is 5.92 Å². The van der Waals surface area contributed by atoms with Crippen molar-refractivity contribution in [2.45, 2.75) is 19.1 Å². The molecule has 17 heavy (non-hydrogen) atoms. The van der Waals surface area contributed by atoms with Crippen LogP contribution in [0.1, 0.15) is 19.1 Å². The largest absolute Gasteiger partial charge is 0.396 e. The Kier molecular flexibility index (Phi) is 4.86. The minimum atomic E-state index is -1.02. The van der Waals surface area contributed by atoms with E-state index in [2.05, 4.69) is 11.6 Å². The Bertz CT molecular complexity index is 477. The van der Waals surface area contributed by atoms with Gasteiger partial charge in [0, 0.05) is 18.9 Å². The van der Waals surface area contributed by atoms with Gasteiger partial charge in [-0.2, -0.15) is 0 Å². The average molecular weight is 240 g/mol. The molecule has 0 saturated carbocycles. The van der Waals surface area contributed by atoms with Gasteiger partial charge in [0.15, 0.2) is 0 Å². The van der Waals surface area contributed by atoms with Gasteiger partial charge in [-0.25, -0.2) is 4.79 Å². The van der Waals surface area contributed by atoms with Crippen LogP contribution in [-0.2, 0) is 0 Å². The van der Waals surface area contributed by atoms with E-state index in [0.29, 0.717) is 12.8 Å². The Hall–Kier alpha value is -1.66. The quantitative estimate of drug-likeness (QED) is 0.590. The summed E-state index contributed by atoms with van der Waals surface area (Å²) in [6, 6.07) is 1.17. The molecule has 0 amide bonds. The third-order valence-corrected chi connectivity index (χ3v) is 2.54. The van der Waals surface area contributed by atoms with Crippen molar-refractivity contribution in [1.29, 1.82) is 0 Å². The van der Waals surface area contributed by atoms with Crippen molar-refractivity contribution in [3.63, 3.8) is 0 Å². The monoisotopic (exact) mass is 240 g/mol. The Balaban J connectivity index is 2.70. The topological polar surface area (TPSA) is 95.3 Å². The lowest BCUT2D eigenvalue weighted by atomic mass is 10.0. The molecule has 0 fully saturated rings. The molecule has 0 saturated heterocycles. The lowest BCUT2D eigenvalue weighted by Crippen LogP contribution is -2.31. The second kappa shape index (κ2) is 6.17. The van der Waals surface area contributed by atoms with E-state index in [-0.39, 0.29) is 12.5 Å². The molecule has 2 atom stereocenters. The van der Waals surface area contributed by atoms with Crippen LogP contribution >= 0.6 is 0 Å². The lowest BCUT2D eigenvalue weighted by Gasteiger charge is -2.15. The number of aliphatic hydroxyl groups is 2. The maximum absolute atomic E-state index is 11.3. The van der Waals surface area contributed by atoms with Gasteiger partial charge >= 0.3 is 5.69 Å². The maximum atomic E-state index is 11.3. The Morgan fingerprint density at radius 3 is 2.71 bits per heavy atom. The Morgan fingerprint density at radius 2 is 2.18 bits per heavy atom. The fourth-order valence-electron chi connectivity index (χ4n) is 1.45. The number of H-pyrrole nitrogens is 1. The van der Waals surface area contributed by atoms with Gasteiger partial charge in [-0.05, 0) is 18.8 Å². The number of aromatic nitrogens is 2. The van der Waals surface area contributed by atoms with Crippen LogP contribution in [0.4, 0.5) is 0 Å². The molecule has 0 spiro atoms. The van der Waals surface area contributed by atoms with E-state index in [0.717, 1.165) is 4.57 Å². The summed E-state index contributed by atoms with van der Waals surface area (Å²) in [5.41, 5.74) is -1.15. The minimum absolute atomic E-state index is 0.0449. The van der Waals surface area contributed by atoms with Gasteiger partial charge in [0.2, 0.25) is 0 Å². The van der Waals surface area contributed by atoms with Crippen LogP contribution in [0.3, 0.4) is 0 Å². The third-order valence-electron chi connectivity index (χ3n) is 2.54. The third kappa shape index (κ3) is 3.69. The van der Waals surface area contributed by atoms with Crippen molar-refractivity contribution in [1.82, 2.24) is 9.55 Å². The molecule has 0 radical (unpaired) electrons. The van der Waals surface area contributed by atoms with Crippen LogP contribution in [0.15, 0.2) is 34.5 Å². The summed E-state index contributed by atoms with van der Waals surface area (Å²) >= 11 is 0. The number of aromatic amines is 1. The molecule has 94 valence electrons. The molecule has 0 aliphatic carbocycles. The highest BCUT2D eigenvalue weighted by atomic mass is 16.3. The van der Waals surface area contributed by atoms with Gasteiger partial charge in [0.05, 0.1) is 0 Å². The summed E-state index contributed by atoms with van der Waals surface area (Å²) < 4.78 is 1.04. The predicted octanol–water partition coefficient (Wildman–Crippen LogP) is -0.398. The summed E-state index contributed by atoms with van der Waals surface area (Å²) in [5, 5.41) is 18.7. The van der Waals surface area contributed by atoms with Crippen molar-refractivity contribution in [2.75, 3.05) is 6.61 Å².